The molecule has 9 heteroatoms. The van der Waals surface area contributed by atoms with Crippen LogP contribution in [0.25, 0.3) is 0 Å². The molecule has 0 saturated carbocycles. The van der Waals surface area contributed by atoms with Gasteiger partial charge in [-0.3, -0.25) is 9.59 Å². The molecule has 146 valence electrons. The Balaban J connectivity index is 1.56. The SMILES string of the molecule is O=C(N/N=C/c1ccccc1F)c1ccc(C(=O)N/N=C/c2ccccc2F)o1. The van der Waals surface area contributed by atoms with Crippen molar-refractivity contribution in [2.24, 2.45) is 10.2 Å². The molecule has 0 saturated heterocycles. The summed E-state index contributed by atoms with van der Waals surface area (Å²) < 4.78 is 32.1. The Labute approximate surface area is 163 Å². The van der Waals surface area contributed by atoms with Gasteiger partial charge in [0.05, 0.1) is 12.4 Å². The molecular formula is C20H14F2N4O3. The molecule has 3 aromatic rings. The number of amides is 2. The molecule has 1 aromatic heterocycles. The summed E-state index contributed by atoms with van der Waals surface area (Å²) >= 11 is 0. The molecule has 0 unspecified atom stereocenters. The first kappa shape index (κ1) is 19.6. The topological polar surface area (TPSA) is 96.1 Å². The minimum absolute atomic E-state index is 0.182. The molecule has 0 spiro atoms. The molecule has 2 N–H and O–H groups in total. The maximum Gasteiger partial charge on any atom is 0.307 e. The quantitative estimate of drug-likeness (QED) is 0.495. The van der Waals surface area contributed by atoms with E-state index in [0.29, 0.717) is 0 Å². The molecular weight excluding hydrogens is 382 g/mol. The third kappa shape index (κ3) is 5.19. The number of rotatable bonds is 6. The Bertz CT molecular complexity index is 1010. The van der Waals surface area contributed by atoms with Crippen LogP contribution in [0.3, 0.4) is 0 Å². The van der Waals surface area contributed by atoms with E-state index in [1.165, 1.54) is 48.5 Å². The van der Waals surface area contributed by atoms with Gasteiger partial charge in [-0.05, 0) is 24.3 Å². The Hall–Kier alpha value is -4.14. The number of hydrogen-bond acceptors (Lipinski definition) is 5. The maximum atomic E-state index is 13.5. The normalized spacial score (nSPS) is 11.1. The highest BCUT2D eigenvalue weighted by atomic mass is 19.1. The van der Waals surface area contributed by atoms with Gasteiger partial charge in [-0.15, -0.1) is 0 Å². The lowest BCUT2D eigenvalue weighted by molar-refractivity contribution is 0.0902. The van der Waals surface area contributed by atoms with E-state index in [0.717, 1.165) is 12.4 Å². The Morgan fingerprint density at radius 2 is 1.14 bits per heavy atom. The first-order valence-electron chi connectivity index (χ1n) is 8.30. The molecule has 0 fully saturated rings. The first-order valence-corrected chi connectivity index (χ1v) is 8.30. The maximum absolute atomic E-state index is 13.5. The van der Waals surface area contributed by atoms with Crippen LogP contribution in [0.15, 0.2) is 75.3 Å². The molecule has 7 nitrogen and oxygen atoms in total. The van der Waals surface area contributed by atoms with Crippen molar-refractivity contribution in [2.75, 3.05) is 0 Å². The monoisotopic (exact) mass is 396 g/mol. The number of benzene rings is 2. The number of hydrazone groups is 2. The number of halogens is 2. The first-order chi connectivity index (χ1) is 14.0. The van der Waals surface area contributed by atoms with Gasteiger partial charge in [0.2, 0.25) is 0 Å². The summed E-state index contributed by atoms with van der Waals surface area (Å²) in [7, 11) is 0. The van der Waals surface area contributed by atoms with E-state index in [1.807, 2.05) is 0 Å². The number of furan rings is 1. The lowest BCUT2D eigenvalue weighted by Gasteiger charge is -1.98. The Morgan fingerprint density at radius 1 is 0.724 bits per heavy atom. The zero-order valence-corrected chi connectivity index (χ0v) is 14.8. The van der Waals surface area contributed by atoms with Crippen LogP contribution in [0.4, 0.5) is 8.78 Å². The smallest absolute Gasteiger partial charge is 0.307 e. The fraction of sp³-hybridized carbons (Fsp3) is 0. The van der Waals surface area contributed by atoms with Gasteiger partial charge in [0, 0.05) is 11.1 Å². The summed E-state index contributed by atoms with van der Waals surface area (Å²) in [5.74, 6) is -2.80. The highest BCUT2D eigenvalue weighted by Gasteiger charge is 2.15. The van der Waals surface area contributed by atoms with Crippen LogP contribution in [0.5, 0.6) is 0 Å². The van der Waals surface area contributed by atoms with Crippen LogP contribution in [0, 0.1) is 11.6 Å². The van der Waals surface area contributed by atoms with E-state index in [2.05, 4.69) is 21.1 Å². The third-order valence-corrected chi connectivity index (χ3v) is 3.60. The zero-order chi connectivity index (χ0) is 20.6. The van der Waals surface area contributed by atoms with Gasteiger partial charge in [0.1, 0.15) is 11.6 Å². The fourth-order valence-electron chi connectivity index (χ4n) is 2.17. The van der Waals surface area contributed by atoms with E-state index in [9.17, 15) is 18.4 Å². The molecule has 1 heterocycles. The fourth-order valence-corrected chi connectivity index (χ4v) is 2.17. The van der Waals surface area contributed by atoms with E-state index in [-0.39, 0.29) is 22.6 Å². The molecule has 0 aliphatic heterocycles. The van der Waals surface area contributed by atoms with Crippen LogP contribution in [0.2, 0.25) is 0 Å². The van der Waals surface area contributed by atoms with E-state index in [4.69, 9.17) is 4.42 Å². The largest absolute Gasteiger partial charge is 0.446 e. The molecule has 0 aliphatic rings. The van der Waals surface area contributed by atoms with Crippen LogP contribution in [0.1, 0.15) is 32.2 Å². The molecule has 2 aromatic carbocycles. The minimum Gasteiger partial charge on any atom is -0.446 e. The van der Waals surface area contributed by atoms with Crippen LogP contribution in [-0.4, -0.2) is 24.2 Å². The van der Waals surface area contributed by atoms with Crippen molar-refractivity contribution in [2.45, 2.75) is 0 Å². The number of nitrogens with zero attached hydrogens (tertiary/aromatic N) is 2. The van der Waals surface area contributed by atoms with Crippen molar-refractivity contribution in [3.8, 4) is 0 Å². The van der Waals surface area contributed by atoms with Crippen molar-refractivity contribution in [1.82, 2.24) is 10.9 Å². The minimum atomic E-state index is -0.730. The number of hydrogen-bond donors (Lipinski definition) is 2. The summed E-state index contributed by atoms with van der Waals surface area (Å²) in [5.41, 5.74) is 4.72. The van der Waals surface area contributed by atoms with Gasteiger partial charge in [0.15, 0.2) is 11.5 Å². The average molecular weight is 396 g/mol. The third-order valence-electron chi connectivity index (χ3n) is 3.60. The van der Waals surface area contributed by atoms with Gasteiger partial charge >= 0.3 is 11.8 Å². The van der Waals surface area contributed by atoms with Crippen molar-refractivity contribution >= 4 is 24.2 Å². The highest BCUT2D eigenvalue weighted by molar-refractivity contribution is 5.96. The second-order valence-corrected chi connectivity index (χ2v) is 5.61. The lowest BCUT2D eigenvalue weighted by atomic mass is 10.2. The van der Waals surface area contributed by atoms with Crippen LogP contribution < -0.4 is 10.9 Å². The second-order valence-electron chi connectivity index (χ2n) is 5.61. The predicted molar refractivity (Wildman–Crippen MR) is 102 cm³/mol. The van der Waals surface area contributed by atoms with E-state index >= 15 is 0 Å². The van der Waals surface area contributed by atoms with Gasteiger partial charge < -0.3 is 4.42 Å². The van der Waals surface area contributed by atoms with Crippen molar-refractivity contribution < 1.29 is 22.8 Å². The second kappa shape index (κ2) is 9.18. The Kier molecular flexibility index (Phi) is 6.21. The highest BCUT2D eigenvalue weighted by Crippen LogP contribution is 2.08. The Morgan fingerprint density at radius 3 is 1.55 bits per heavy atom. The molecule has 0 radical (unpaired) electrons. The lowest BCUT2D eigenvalue weighted by Crippen LogP contribution is -2.18. The molecule has 0 bridgehead atoms. The van der Waals surface area contributed by atoms with Gasteiger partial charge in [-0.2, -0.15) is 10.2 Å². The van der Waals surface area contributed by atoms with Crippen molar-refractivity contribution in [3.05, 3.63) is 94.9 Å². The molecule has 29 heavy (non-hydrogen) atoms. The summed E-state index contributed by atoms with van der Waals surface area (Å²) in [6.45, 7) is 0. The van der Waals surface area contributed by atoms with Crippen molar-refractivity contribution in [3.63, 3.8) is 0 Å². The van der Waals surface area contributed by atoms with Gasteiger partial charge in [-0.1, -0.05) is 36.4 Å². The standard InChI is InChI=1S/C20H14F2N4O3/c21-15-7-3-1-5-13(15)11-23-25-19(27)17-9-10-18(29-17)20(28)26-24-12-14-6-2-4-8-16(14)22/h1-12H,(H,25,27)(H,26,28)/b23-11+,24-12+. The molecule has 3 rings (SSSR count). The van der Waals surface area contributed by atoms with Crippen LogP contribution >= 0.6 is 0 Å². The van der Waals surface area contributed by atoms with Gasteiger partial charge in [0.25, 0.3) is 0 Å². The average Bonchev–Trinajstić information content (AvgIpc) is 3.21. The number of carbonyl (C=O) groups is 2. The van der Waals surface area contributed by atoms with Crippen LogP contribution in [-0.2, 0) is 0 Å². The van der Waals surface area contributed by atoms with Crippen molar-refractivity contribution in [1.29, 1.82) is 0 Å². The van der Waals surface area contributed by atoms with E-state index in [1.54, 1.807) is 12.1 Å². The summed E-state index contributed by atoms with van der Waals surface area (Å²) in [4.78, 5) is 24.0. The number of carbonyl (C=O) groups excluding carboxylic acids is 2. The molecule has 0 aliphatic carbocycles. The number of nitrogens with one attached hydrogen (secondary N) is 2. The molecule has 2 amide bonds. The summed E-state index contributed by atoms with van der Waals surface area (Å²) in [6.07, 6.45) is 2.28. The van der Waals surface area contributed by atoms with Gasteiger partial charge in [-0.25, -0.2) is 19.6 Å². The molecule has 0 atom stereocenters. The van der Waals surface area contributed by atoms with E-state index < -0.39 is 23.4 Å². The predicted octanol–water partition coefficient (Wildman–Crippen LogP) is 3.09. The zero-order valence-electron chi connectivity index (χ0n) is 14.8. The summed E-state index contributed by atoms with van der Waals surface area (Å²) in [6, 6.07) is 14.3. The summed E-state index contributed by atoms with van der Waals surface area (Å²) in [5, 5.41) is 7.28.